The molecule has 0 unspecified atom stereocenters. The minimum absolute atomic E-state index is 0.0194. The number of fused-ring (bicyclic) bond motifs is 5. The molecular formula is C23H20FNO3S. The van der Waals surface area contributed by atoms with Gasteiger partial charge >= 0.3 is 0 Å². The standard InChI is InChI=1S/C23H20FNO3S/c1-14-6-11-22-19(12-14)20-13-21(17-4-2-3-5-18(17)23(20)28-22)25-29(26,27)16-9-7-15(24)8-10-16/h2-5,7-10,13-14,25H,6,11-12H2,1H3/t14-/m0/s1. The number of sulfonamides is 1. The Kier molecular flexibility index (Phi) is 4.13. The number of nitrogens with one attached hydrogen (secondary N) is 1. The third-order valence-corrected chi connectivity index (χ3v) is 7.05. The van der Waals surface area contributed by atoms with E-state index in [2.05, 4.69) is 11.6 Å². The Hall–Kier alpha value is -2.86. The van der Waals surface area contributed by atoms with Crippen molar-refractivity contribution in [3.05, 3.63) is 71.7 Å². The van der Waals surface area contributed by atoms with Crippen LogP contribution in [0.2, 0.25) is 0 Å². The highest BCUT2D eigenvalue weighted by Crippen LogP contribution is 2.40. The molecule has 0 saturated carbocycles. The molecule has 0 amide bonds. The van der Waals surface area contributed by atoms with Gasteiger partial charge in [-0.2, -0.15) is 0 Å². The smallest absolute Gasteiger partial charge is 0.261 e. The lowest BCUT2D eigenvalue weighted by Gasteiger charge is -2.17. The van der Waals surface area contributed by atoms with Crippen LogP contribution in [0.25, 0.3) is 21.7 Å². The molecule has 3 aromatic carbocycles. The molecular weight excluding hydrogens is 389 g/mol. The van der Waals surface area contributed by atoms with E-state index in [-0.39, 0.29) is 4.90 Å². The summed E-state index contributed by atoms with van der Waals surface area (Å²) in [5, 5.41) is 2.61. The van der Waals surface area contributed by atoms with Gasteiger partial charge in [-0.3, -0.25) is 4.72 Å². The molecule has 1 atom stereocenters. The van der Waals surface area contributed by atoms with Crippen LogP contribution in [0.1, 0.15) is 24.7 Å². The molecule has 0 aliphatic heterocycles. The van der Waals surface area contributed by atoms with Gasteiger partial charge in [-0.25, -0.2) is 12.8 Å². The van der Waals surface area contributed by atoms with Gasteiger partial charge < -0.3 is 4.42 Å². The van der Waals surface area contributed by atoms with Gasteiger partial charge in [0.05, 0.1) is 10.6 Å². The van der Waals surface area contributed by atoms with Gasteiger partial charge in [0.2, 0.25) is 0 Å². The lowest BCUT2D eigenvalue weighted by molar-refractivity contribution is 0.439. The first-order valence-electron chi connectivity index (χ1n) is 9.67. The Bertz CT molecular complexity index is 1340. The quantitative estimate of drug-likeness (QED) is 0.476. The van der Waals surface area contributed by atoms with E-state index in [4.69, 9.17) is 4.42 Å². The number of benzene rings is 3. The van der Waals surface area contributed by atoms with Gasteiger partial charge in [0, 0.05) is 28.1 Å². The number of rotatable bonds is 3. The highest BCUT2D eigenvalue weighted by atomic mass is 32.2. The second kappa shape index (κ2) is 6.59. The normalized spacial score (nSPS) is 16.8. The summed E-state index contributed by atoms with van der Waals surface area (Å²) in [6.07, 6.45) is 2.91. The minimum Gasteiger partial charge on any atom is -0.460 e. The first-order chi connectivity index (χ1) is 13.9. The van der Waals surface area contributed by atoms with Crippen LogP contribution in [0.5, 0.6) is 0 Å². The number of hydrogen-bond donors (Lipinski definition) is 1. The molecule has 0 saturated heterocycles. The van der Waals surface area contributed by atoms with Crippen molar-refractivity contribution in [3.63, 3.8) is 0 Å². The van der Waals surface area contributed by atoms with Crippen molar-refractivity contribution in [3.8, 4) is 0 Å². The first kappa shape index (κ1) is 18.2. The average Bonchev–Trinajstić information content (AvgIpc) is 3.06. The van der Waals surface area contributed by atoms with Gasteiger partial charge in [-0.15, -0.1) is 0 Å². The molecule has 4 aromatic rings. The predicted octanol–water partition coefficient (Wildman–Crippen LogP) is 5.65. The van der Waals surface area contributed by atoms with E-state index in [1.54, 1.807) is 0 Å². The van der Waals surface area contributed by atoms with E-state index >= 15 is 0 Å². The largest absolute Gasteiger partial charge is 0.460 e. The molecule has 5 rings (SSSR count). The Morgan fingerprint density at radius 1 is 1.03 bits per heavy atom. The summed E-state index contributed by atoms with van der Waals surface area (Å²) >= 11 is 0. The summed E-state index contributed by atoms with van der Waals surface area (Å²) in [5.74, 6) is 1.09. The molecule has 6 heteroatoms. The zero-order valence-electron chi connectivity index (χ0n) is 15.9. The van der Waals surface area contributed by atoms with Crippen molar-refractivity contribution in [2.24, 2.45) is 5.92 Å². The predicted molar refractivity (Wildman–Crippen MR) is 112 cm³/mol. The summed E-state index contributed by atoms with van der Waals surface area (Å²) < 4.78 is 48.0. The number of hydrogen-bond acceptors (Lipinski definition) is 3. The Morgan fingerprint density at radius 2 is 1.76 bits per heavy atom. The fourth-order valence-corrected chi connectivity index (χ4v) is 5.24. The molecule has 1 N–H and O–H groups in total. The van der Waals surface area contributed by atoms with Crippen molar-refractivity contribution in [2.75, 3.05) is 4.72 Å². The van der Waals surface area contributed by atoms with Crippen molar-refractivity contribution in [2.45, 2.75) is 31.1 Å². The van der Waals surface area contributed by atoms with Crippen LogP contribution in [0.15, 0.2) is 63.9 Å². The maximum atomic E-state index is 13.2. The molecule has 148 valence electrons. The van der Waals surface area contributed by atoms with Crippen molar-refractivity contribution in [1.82, 2.24) is 0 Å². The van der Waals surface area contributed by atoms with E-state index in [0.717, 1.165) is 58.9 Å². The number of aryl methyl sites for hydroxylation is 1. The molecule has 0 fully saturated rings. The van der Waals surface area contributed by atoms with Crippen LogP contribution >= 0.6 is 0 Å². The lowest BCUT2D eigenvalue weighted by atomic mass is 9.87. The molecule has 1 aliphatic carbocycles. The zero-order valence-corrected chi connectivity index (χ0v) is 16.7. The summed E-state index contributed by atoms with van der Waals surface area (Å²) in [6, 6.07) is 14.3. The molecule has 0 bridgehead atoms. The first-order valence-corrected chi connectivity index (χ1v) is 11.1. The van der Waals surface area contributed by atoms with E-state index < -0.39 is 15.8 Å². The molecule has 0 radical (unpaired) electrons. The van der Waals surface area contributed by atoms with Crippen LogP contribution in [-0.2, 0) is 22.9 Å². The van der Waals surface area contributed by atoms with Gasteiger partial charge in [-0.1, -0.05) is 31.2 Å². The second-order valence-electron chi connectivity index (χ2n) is 7.76. The Morgan fingerprint density at radius 3 is 2.52 bits per heavy atom. The van der Waals surface area contributed by atoms with Gasteiger partial charge in [0.1, 0.15) is 17.2 Å². The topological polar surface area (TPSA) is 59.3 Å². The fourth-order valence-electron chi connectivity index (χ4n) is 4.17. The molecule has 1 aliphatic rings. The summed E-state index contributed by atoms with van der Waals surface area (Å²) in [5.41, 5.74) is 2.48. The summed E-state index contributed by atoms with van der Waals surface area (Å²) in [7, 11) is -3.85. The molecule has 1 aromatic heterocycles. The Balaban J connectivity index is 1.70. The second-order valence-corrected chi connectivity index (χ2v) is 9.44. The highest BCUT2D eigenvalue weighted by molar-refractivity contribution is 7.92. The van der Waals surface area contributed by atoms with E-state index in [9.17, 15) is 12.8 Å². The van der Waals surface area contributed by atoms with E-state index in [0.29, 0.717) is 11.6 Å². The third-order valence-electron chi connectivity index (χ3n) is 5.67. The molecule has 0 spiro atoms. The summed E-state index contributed by atoms with van der Waals surface area (Å²) in [4.78, 5) is 0.0194. The molecule has 1 heterocycles. The maximum absolute atomic E-state index is 13.2. The van der Waals surface area contributed by atoms with Crippen LogP contribution in [0.4, 0.5) is 10.1 Å². The number of anilines is 1. The zero-order chi connectivity index (χ0) is 20.2. The lowest BCUT2D eigenvalue weighted by Crippen LogP contribution is -2.13. The molecule has 4 nitrogen and oxygen atoms in total. The van der Waals surface area contributed by atoms with Crippen molar-refractivity contribution < 1.29 is 17.2 Å². The number of furan rings is 1. The van der Waals surface area contributed by atoms with Gasteiger partial charge in [0.25, 0.3) is 10.0 Å². The van der Waals surface area contributed by atoms with E-state index in [1.165, 1.54) is 17.7 Å². The average molecular weight is 409 g/mol. The van der Waals surface area contributed by atoms with Crippen LogP contribution in [-0.4, -0.2) is 8.42 Å². The third kappa shape index (κ3) is 3.08. The fraction of sp³-hybridized carbons (Fsp3) is 0.217. The minimum atomic E-state index is -3.85. The Labute approximate surface area is 168 Å². The van der Waals surface area contributed by atoms with Gasteiger partial charge in [-0.05, 0) is 49.1 Å². The number of halogens is 1. The van der Waals surface area contributed by atoms with Crippen molar-refractivity contribution in [1.29, 1.82) is 0 Å². The molecule has 29 heavy (non-hydrogen) atoms. The van der Waals surface area contributed by atoms with Crippen LogP contribution in [0.3, 0.4) is 0 Å². The van der Waals surface area contributed by atoms with Crippen molar-refractivity contribution >= 4 is 37.5 Å². The maximum Gasteiger partial charge on any atom is 0.261 e. The summed E-state index contributed by atoms with van der Waals surface area (Å²) in [6.45, 7) is 2.22. The van der Waals surface area contributed by atoms with Crippen LogP contribution < -0.4 is 4.72 Å². The highest BCUT2D eigenvalue weighted by Gasteiger charge is 2.25. The van der Waals surface area contributed by atoms with Gasteiger partial charge in [0.15, 0.2) is 0 Å². The monoisotopic (exact) mass is 409 g/mol. The van der Waals surface area contributed by atoms with E-state index in [1.807, 2.05) is 30.3 Å². The van der Waals surface area contributed by atoms with Crippen LogP contribution in [0, 0.1) is 11.7 Å². The SMILES string of the molecule is C[C@H]1CCc2oc3c(cc(NS(=O)(=O)c4ccc(F)cc4)c4ccccc43)c2C1.